The molecule has 0 radical (unpaired) electrons. The van der Waals surface area contributed by atoms with Crippen molar-refractivity contribution < 1.29 is 0 Å². The van der Waals surface area contributed by atoms with Gasteiger partial charge in [0.15, 0.2) is 0 Å². The molecule has 1 aliphatic heterocycles. The summed E-state index contributed by atoms with van der Waals surface area (Å²) in [5, 5.41) is 0. The minimum atomic E-state index is 0.737. The van der Waals surface area contributed by atoms with Crippen LogP contribution >= 0.6 is 0 Å². The maximum atomic E-state index is 2.26. The zero-order valence-corrected chi connectivity index (χ0v) is 7.59. The monoisotopic (exact) mass is 206 g/mol. The molecule has 0 fully saturated rings. The first-order chi connectivity index (χ1) is 5.45. The Labute approximate surface area is 71.8 Å². The topological polar surface area (TPSA) is 0 Å². The third-order valence-corrected chi connectivity index (χ3v) is 4.11. The molecule has 0 amide bonds. The summed E-state index contributed by atoms with van der Waals surface area (Å²) < 4.78 is 3.23. The van der Waals surface area contributed by atoms with Gasteiger partial charge in [-0.1, -0.05) is 0 Å². The van der Waals surface area contributed by atoms with Crippen LogP contribution in [0.25, 0.3) is 0 Å². The molecule has 0 nitrogen and oxygen atoms in total. The summed E-state index contributed by atoms with van der Waals surface area (Å²) in [6.07, 6.45) is 13.1. The Hall–Kier alpha value is -0.781. The first kappa shape index (κ1) is 5.82. The predicted octanol–water partition coefficient (Wildman–Crippen LogP) is 1.91. The van der Waals surface area contributed by atoms with Crippen LogP contribution in [-0.2, 0) is 0 Å². The van der Waals surface area contributed by atoms with Gasteiger partial charge in [0.1, 0.15) is 0 Å². The predicted molar refractivity (Wildman–Crippen MR) is 47.2 cm³/mol. The molecule has 0 aromatic carbocycles. The molecule has 3 aliphatic rings. The average Bonchev–Trinajstić information content (AvgIpc) is 2.54. The van der Waals surface area contributed by atoms with Crippen LogP contribution < -0.4 is 0 Å². The number of rotatable bonds is 0. The van der Waals surface area contributed by atoms with E-state index < -0.39 is 0 Å². The van der Waals surface area contributed by atoms with Gasteiger partial charge in [0.25, 0.3) is 0 Å². The summed E-state index contributed by atoms with van der Waals surface area (Å²) in [7, 11) is 0. The van der Waals surface area contributed by atoms with Crippen molar-refractivity contribution in [2.45, 2.75) is 0 Å². The Kier molecular flexibility index (Phi) is 0.992. The van der Waals surface area contributed by atoms with Gasteiger partial charge >= 0.3 is 71.5 Å². The van der Waals surface area contributed by atoms with Crippen LogP contribution in [0.3, 0.4) is 0 Å². The molecule has 2 aliphatic carbocycles. The van der Waals surface area contributed by atoms with Crippen LogP contribution in [0.15, 0.2) is 56.5 Å². The van der Waals surface area contributed by atoms with Crippen LogP contribution in [0.5, 0.6) is 0 Å². The molecule has 0 aromatic rings. The SMILES string of the molecule is C1=CC(=C2C=CC3=C2[Se]3)C=C1. The van der Waals surface area contributed by atoms with E-state index in [-0.39, 0.29) is 0 Å². The van der Waals surface area contributed by atoms with E-state index in [4.69, 9.17) is 0 Å². The van der Waals surface area contributed by atoms with Gasteiger partial charge in [-0.25, -0.2) is 0 Å². The summed E-state index contributed by atoms with van der Waals surface area (Å²) in [6, 6.07) is 0. The second-order valence-corrected chi connectivity index (χ2v) is 4.92. The molecular weight excluding hydrogens is 199 g/mol. The minimum absolute atomic E-state index is 0.737. The fourth-order valence-electron chi connectivity index (χ4n) is 1.40. The van der Waals surface area contributed by atoms with Crippen molar-refractivity contribution in [2.24, 2.45) is 0 Å². The van der Waals surface area contributed by atoms with Gasteiger partial charge in [0.05, 0.1) is 0 Å². The van der Waals surface area contributed by atoms with E-state index in [0.717, 1.165) is 15.0 Å². The third kappa shape index (κ3) is 0.756. The van der Waals surface area contributed by atoms with Crippen molar-refractivity contribution in [3.63, 3.8) is 0 Å². The summed E-state index contributed by atoms with van der Waals surface area (Å²) >= 11 is 0.737. The van der Waals surface area contributed by atoms with Gasteiger partial charge in [-0.15, -0.1) is 0 Å². The molecule has 1 heteroatoms. The normalized spacial score (nSPS) is 24.0. The van der Waals surface area contributed by atoms with Gasteiger partial charge in [-0.2, -0.15) is 0 Å². The molecule has 0 aromatic heterocycles. The molecule has 1 heterocycles. The fourth-order valence-corrected chi connectivity index (χ4v) is 3.03. The van der Waals surface area contributed by atoms with E-state index in [2.05, 4.69) is 36.5 Å². The standard InChI is InChI=1S/C10H6Se/c1-2-4-7(3-1)8-5-6-9-10(8)11-9/h1-6H. The summed E-state index contributed by atoms with van der Waals surface area (Å²) in [4.78, 5) is 0. The molecule has 0 bridgehead atoms. The van der Waals surface area contributed by atoms with Gasteiger partial charge in [-0.05, 0) is 0 Å². The quantitative estimate of drug-likeness (QED) is 0.530. The molecule has 3 rings (SSSR count). The van der Waals surface area contributed by atoms with Crippen molar-refractivity contribution in [1.29, 1.82) is 0 Å². The fraction of sp³-hybridized carbons (Fsp3) is 0. The zero-order chi connectivity index (χ0) is 7.26. The van der Waals surface area contributed by atoms with E-state index in [1.807, 2.05) is 0 Å². The third-order valence-electron chi connectivity index (χ3n) is 2.01. The Morgan fingerprint density at radius 3 is 2.27 bits per heavy atom. The molecule has 0 unspecified atom stereocenters. The molecule has 0 saturated heterocycles. The molecule has 0 atom stereocenters. The Morgan fingerprint density at radius 1 is 0.909 bits per heavy atom. The second-order valence-electron chi connectivity index (χ2n) is 2.72. The van der Waals surface area contributed by atoms with Crippen LogP contribution in [-0.4, -0.2) is 15.0 Å². The van der Waals surface area contributed by atoms with Crippen molar-refractivity contribution >= 4 is 15.0 Å². The van der Waals surface area contributed by atoms with Gasteiger partial charge in [0, 0.05) is 0 Å². The number of hydrogen-bond donors (Lipinski definition) is 0. The molecule has 52 valence electrons. The van der Waals surface area contributed by atoms with Crippen molar-refractivity contribution in [2.75, 3.05) is 0 Å². The van der Waals surface area contributed by atoms with E-state index >= 15 is 0 Å². The average molecular weight is 205 g/mol. The summed E-state index contributed by atoms with van der Waals surface area (Å²) in [5.74, 6) is 0. The van der Waals surface area contributed by atoms with E-state index in [0.29, 0.717) is 0 Å². The van der Waals surface area contributed by atoms with Crippen molar-refractivity contribution in [1.82, 2.24) is 0 Å². The summed E-state index contributed by atoms with van der Waals surface area (Å²) in [6.45, 7) is 0. The molecule has 11 heavy (non-hydrogen) atoms. The Bertz CT molecular complexity index is 362. The summed E-state index contributed by atoms with van der Waals surface area (Å²) in [5.41, 5.74) is 2.87. The number of allylic oxidation sites excluding steroid dienone is 10. The van der Waals surface area contributed by atoms with Crippen molar-refractivity contribution in [3.8, 4) is 0 Å². The van der Waals surface area contributed by atoms with Gasteiger partial charge < -0.3 is 0 Å². The molecule has 0 saturated carbocycles. The maximum absolute atomic E-state index is 2.26. The first-order valence-electron chi connectivity index (χ1n) is 3.65. The van der Waals surface area contributed by atoms with E-state index in [1.165, 1.54) is 11.1 Å². The zero-order valence-electron chi connectivity index (χ0n) is 5.87. The van der Waals surface area contributed by atoms with Gasteiger partial charge in [-0.3, -0.25) is 0 Å². The van der Waals surface area contributed by atoms with Crippen LogP contribution in [0, 0.1) is 0 Å². The number of hydrogen-bond acceptors (Lipinski definition) is 0. The molecule has 0 spiro atoms. The van der Waals surface area contributed by atoms with Crippen LogP contribution in [0.1, 0.15) is 0 Å². The van der Waals surface area contributed by atoms with E-state index in [1.54, 1.807) is 8.94 Å². The van der Waals surface area contributed by atoms with Crippen molar-refractivity contribution in [3.05, 3.63) is 56.5 Å². The van der Waals surface area contributed by atoms with Crippen LogP contribution in [0.4, 0.5) is 0 Å². The second kappa shape index (κ2) is 1.88. The Morgan fingerprint density at radius 2 is 1.73 bits per heavy atom. The van der Waals surface area contributed by atoms with E-state index in [9.17, 15) is 0 Å². The first-order valence-corrected chi connectivity index (χ1v) is 5.36. The molecule has 0 N–H and O–H groups in total. The molecular formula is C10H6Se. The Balaban J connectivity index is 2.17. The van der Waals surface area contributed by atoms with Crippen LogP contribution in [0.2, 0.25) is 0 Å². The van der Waals surface area contributed by atoms with Gasteiger partial charge in [0.2, 0.25) is 0 Å².